The van der Waals surface area contributed by atoms with Gasteiger partial charge in [0, 0.05) is 5.54 Å². The van der Waals surface area contributed by atoms with Crippen molar-refractivity contribution in [2.24, 2.45) is 5.92 Å². The van der Waals surface area contributed by atoms with Crippen LogP contribution in [0.3, 0.4) is 0 Å². The van der Waals surface area contributed by atoms with Gasteiger partial charge >= 0.3 is 5.97 Å². The summed E-state index contributed by atoms with van der Waals surface area (Å²) in [6, 6.07) is -0.454. The Morgan fingerprint density at radius 2 is 1.75 bits per heavy atom. The lowest BCUT2D eigenvalue weighted by atomic mass is 10.00. The normalized spacial score (nSPS) is 14.8. The van der Waals surface area contributed by atoms with E-state index in [-0.39, 0.29) is 11.5 Å². The van der Waals surface area contributed by atoms with Crippen LogP contribution in [-0.2, 0) is 4.79 Å². The van der Waals surface area contributed by atoms with Crippen molar-refractivity contribution in [2.75, 3.05) is 0 Å². The third-order valence-electron chi connectivity index (χ3n) is 1.52. The number of carbonyl (C=O) groups is 1. The molecule has 0 aromatic rings. The van der Waals surface area contributed by atoms with E-state index in [1.807, 2.05) is 34.6 Å². The van der Waals surface area contributed by atoms with Crippen molar-refractivity contribution in [2.45, 2.75) is 46.2 Å². The molecule has 1 atom stereocenters. The van der Waals surface area contributed by atoms with Gasteiger partial charge in [0.25, 0.3) is 0 Å². The Kier molecular flexibility index (Phi) is 3.71. The second-order valence-corrected chi connectivity index (χ2v) is 4.45. The summed E-state index contributed by atoms with van der Waals surface area (Å²) in [6.45, 7) is 9.69. The Bertz CT molecular complexity index is 158. The zero-order chi connectivity index (χ0) is 9.94. The van der Waals surface area contributed by atoms with E-state index in [1.54, 1.807) is 0 Å². The molecule has 0 fully saturated rings. The van der Waals surface area contributed by atoms with Gasteiger partial charge in [0.1, 0.15) is 6.04 Å². The van der Waals surface area contributed by atoms with Gasteiger partial charge in [-0.2, -0.15) is 0 Å². The Hall–Kier alpha value is -0.570. The highest BCUT2D eigenvalue weighted by atomic mass is 16.4. The summed E-state index contributed by atoms with van der Waals surface area (Å²) in [5, 5.41) is 11.9. The van der Waals surface area contributed by atoms with E-state index in [0.717, 1.165) is 0 Å². The van der Waals surface area contributed by atoms with Crippen LogP contribution < -0.4 is 5.32 Å². The van der Waals surface area contributed by atoms with Crippen LogP contribution in [0, 0.1) is 5.92 Å². The number of carboxylic acids is 1. The molecule has 0 amide bonds. The molecular weight excluding hydrogens is 154 g/mol. The fourth-order valence-corrected chi connectivity index (χ4v) is 0.980. The predicted molar refractivity (Wildman–Crippen MR) is 49.2 cm³/mol. The molecular formula is C9H19NO2. The van der Waals surface area contributed by atoms with Crippen LogP contribution in [0.5, 0.6) is 0 Å². The number of carboxylic acid groups (broad SMARTS) is 1. The van der Waals surface area contributed by atoms with E-state index < -0.39 is 12.0 Å². The molecule has 0 bridgehead atoms. The number of aliphatic carboxylic acids is 1. The van der Waals surface area contributed by atoms with Gasteiger partial charge in [-0.05, 0) is 26.7 Å². The topological polar surface area (TPSA) is 49.3 Å². The van der Waals surface area contributed by atoms with E-state index in [1.165, 1.54) is 0 Å². The SMILES string of the molecule is CC(C)C(NC(C)(C)C)C(=O)O. The van der Waals surface area contributed by atoms with Gasteiger partial charge in [-0.25, -0.2) is 0 Å². The lowest BCUT2D eigenvalue weighted by Crippen LogP contribution is -2.50. The zero-order valence-corrected chi connectivity index (χ0v) is 8.51. The number of rotatable bonds is 3. The van der Waals surface area contributed by atoms with Gasteiger partial charge in [-0.15, -0.1) is 0 Å². The van der Waals surface area contributed by atoms with E-state index in [4.69, 9.17) is 5.11 Å². The van der Waals surface area contributed by atoms with Crippen LogP contribution in [0.25, 0.3) is 0 Å². The van der Waals surface area contributed by atoms with Gasteiger partial charge < -0.3 is 5.11 Å². The Morgan fingerprint density at radius 1 is 1.33 bits per heavy atom. The van der Waals surface area contributed by atoms with Crippen molar-refractivity contribution < 1.29 is 9.90 Å². The minimum atomic E-state index is -0.778. The highest BCUT2D eigenvalue weighted by Gasteiger charge is 2.25. The van der Waals surface area contributed by atoms with Crippen LogP contribution in [0.2, 0.25) is 0 Å². The molecule has 0 saturated heterocycles. The minimum Gasteiger partial charge on any atom is -0.480 e. The monoisotopic (exact) mass is 173 g/mol. The maximum Gasteiger partial charge on any atom is 0.320 e. The zero-order valence-electron chi connectivity index (χ0n) is 8.51. The molecule has 3 heteroatoms. The Balaban J connectivity index is 4.25. The quantitative estimate of drug-likeness (QED) is 0.679. The highest BCUT2D eigenvalue weighted by Crippen LogP contribution is 2.08. The molecule has 72 valence electrons. The summed E-state index contributed by atoms with van der Waals surface area (Å²) in [6.07, 6.45) is 0. The van der Waals surface area contributed by atoms with E-state index in [0.29, 0.717) is 0 Å². The summed E-state index contributed by atoms with van der Waals surface area (Å²) >= 11 is 0. The predicted octanol–water partition coefficient (Wildman–Crippen LogP) is 1.48. The minimum absolute atomic E-state index is 0.113. The number of hydrogen-bond donors (Lipinski definition) is 2. The third-order valence-corrected chi connectivity index (χ3v) is 1.52. The average molecular weight is 173 g/mol. The maximum atomic E-state index is 10.8. The molecule has 1 unspecified atom stereocenters. The molecule has 0 rings (SSSR count). The molecule has 12 heavy (non-hydrogen) atoms. The largest absolute Gasteiger partial charge is 0.480 e. The van der Waals surface area contributed by atoms with E-state index in [2.05, 4.69) is 5.32 Å². The molecule has 0 aliphatic rings. The van der Waals surface area contributed by atoms with E-state index >= 15 is 0 Å². The first-order valence-electron chi connectivity index (χ1n) is 4.24. The summed E-state index contributed by atoms with van der Waals surface area (Å²) < 4.78 is 0. The lowest BCUT2D eigenvalue weighted by Gasteiger charge is -2.28. The van der Waals surface area contributed by atoms with Gasteiger partial charge in [0.05, 0.1) is 0 Å². The number of hydrogen-bond acceptors (Lipinski definition) is 2. The van der Waals surface area contributed by atoms with Crippen molar-refractivity contribution in [3.05, 3.63) is 0 Å². The summed E-state index contributed by atoms with van der Waals surface area (Å²) in [4.78, 5) is 10.8. The third kappa shape index (κ3) is 4.34. The highest BCUT2D eigenvalue weighted by molar-refractivity contribution is 5.73. The molecule has 3 nitrogen and oxygen atoms in total. The molecule has 0 aromatic carbocycles. The van der Waals surface area contributed by atoms with Gasteiger partial charge in [-0.1, -0.05) is 13.8 Å². The van der Waals surface area contributed by atoms with Crippen molar-refractivity contribution in [3.8, 4) is 0 Å². The van der Waals surface area contributed by atoms with Gasteiger partial charge in [0.15, 0.2) is 0 Å². The maximum absolute atomic E-state index is 10.8. The van der Waals surface area contributed by atoms with Crippen molar-refractivity contribution >= 4 is 5.97 Å². The average Bonchev–Trinajstić information content (AvgIpc) is 1.79. The second kappa shape index (κ2) is 3.90. The molecule has 0 aromatic heterocycles. The van der Waals surface area contributed by atoms with Crippen LogP contribution in [0.4, 0.5) is 0 Å². The molecule has 0 aliphatic carbocycles. The fourth-order valence-electron chi connectivity index (χ4n) is 0.980. The van der Waals surface area contributed by atoms with Crippen molar-refractivity contribution in [1.29, 1.82) is 0 Å². The van der Waals surface area contributed by atoms with Crippen LogP contribution in [0.15, 0.2) is 0 Å². The van der Waals surface area contributed by atoms with Crippen molar-refractivity contribution in [1.82, 2.24) is 5.32 Å². The standard InChI is InChI=1S/C9H19NO2/c1-6(2)7(8(11)12)10-9(3,4)5/h6-7,10H,1-5H3,(H,11,12). The summed E-state index contributed by atoms with van der Waals surface area (Å²) in [5.41, 5.74) is -0.146. The molecule has 0 saturated carbocycles. The van der Waals surface area contributed by atoms with E-state index in [9.17, 15) is 4.79 Å². The van der Waals surface area contributed by atoms with Crippen molar-refractivity contribution in [3.63, 3.8) is 0 Å². The molecule has 0 spiro atoms. The lowest BCUT2D eigenvalue weighted by molar-refractivity contribution is -0.141. The van der Waals surface area contributed by atoms with Crippen LogP contribution in [-0.4, -0.2) is 22.7 Å². The van der Waals surface area contributed by atoms with Crippen LogP contribution >= 0.6 is 0 Å². The molecule has 0 heterocycles. The first kappa shape index (κ1) is 11.4. The molecule has 0 aliphatic heterocycles. The Labute approximate surface area is 74.2 Å². The smallest absolute Gasteiger partial charge is 0.320 e. The molecule has 0 radical (unpaired) electrons. The summed E-state index contributed by atoms with van der Waals surface area (Å²) in [7, 11) is 0. The van der Waals surface area contributed by atoms with Gasteiger partial charge in [0.2, 0.25) is 0 Å². The fraction of sp³-hybridized carbons (Fsp3) is 0.889. The van der Waals surface area contributed by atoms with Gasteiger partial charge in [-0.3, -0.25) is 10.1 Å². The first-order valence-corrected chi connectivity index (χ1v) is 4.24. The first-order chi connectivity index (χ1) is 5.24. The molecule has 2 N–H and O–H groups in total. The number of nitrogens with one attached hydrogen (secondary N) is 1. The summed E-state index contributed by atoms with van der Waals surface area (Å²) in [5.74, 6) is -0.665. The second-order valence-electron chi connectivity index (χ2n) is 4.45. The Morgan fingerprint density at radius 3 is 1.83 bits per heavy atom. The van der Waals surface area contributed by atoms with Crippen LogP contribution in [0.1, 0.15) is 34.6 Å².